The Morgan fingerprint density at radius 1 is 1.28 bits per heavy atom. The molecule has 1 N–H and O–H groups in total. The van der Waals surface area contributed by atoms with Gasteiger partial charge in [-0.1, -0.05) is 34.5 Å². The Labute approximate surface area is 120 Å². The Morgan fingerprint density at radius 3 is 2.83 bits per heavy atom. The van der Waals surface area contributed by atoms with E-state index in [-0.39, 0.29) is 0 Å². The van der Waals surface area contributed by atoms with E-state index in [4.69, 9.17) is 11.6 Å². The summed E-state index contributed by atoms with van der Waals surface area (Å²) in [5.41, 5.74) is 1.74. The molecular formula is C13H13BrClN3. The molecule has 0 saturated heterocycles. The predicted molar refractivity (Wildman–Crippen MR) is 79.0 cm³/mol. The fourth-order valence-corrected chi connectivity index (χ4v) is 2.19. The quantitative estimate of drug-likeness (QED) is 0.906. The maximum Gasteiger partial charge on any atom is 0.152 e. The van der Waals surface area contributed by atoms with Gasteiger partial charge >= 0.3 is 0 Å². The van der Waals surface area contributed by atoms with Gasteiger partial charge in [-0.25, -0.2) is 4.98 Å². The molecule has 2 rings (SSSR count). The van der Waals surface area contributed by atoms with Crippen molar-refractivity contribution in [1.29, 1.82) is 0 Å². The van der Waals surface area contributed by atoms with Crippen LogP contribution in [0.5, 0.6) is 0 Å². The van der Waals surface area contributed by atoms with Gasteiger partial charge in [0.25, 0.3) is 0 Å². The van der Waals surface area contributed by atoms with Crippen LogP contribution in [-0.4, -0.2) is 16.5 Å². The van der Waals surface area contributed by atoms with Crippen molar-refractivity contribution in [3.8, 4) is 11.3 Å². The maximum atomic E-state index is 6.03. The van der Waals surface area contributed by atoms with Crippen LogP contribution in [0.1, 0.15) is 13.3 Å². The van der Waals surface area contributed by atoms with E-state index in [0.717, 1.165) is 34.5 Å². The Hall–Kier alpha value is -1.13. The topological polar surface area (TPSA) is 37.8 Å². The third-order valence-electron chi connectivity index (χ3n) is 2.42. The van der Waals surface area contributed by atoms with E-state index in [2.05, 4.69) is 38.1 Å². The highest BCUT2D eigenvalue weighted by Crippen LogP contribution is 2.32. The smallest absolute Gasteiger partial charge is 0.152 e. The van der Waals surface area contributed by atoms with Gasteiger partial charge in [0, 0.05) is 34.0 Å². The van der Waals surface area contributed by atoms with E-state index in [1.54, 1.807) is 12.4 Å². The van der Waals surface area contributed by atoms with Crippen LogP contribution in [0.3, 0.4) is 0 Å². The van der Waals surface area contributed by atoms with Gasteiger partial charge in [0.05, 0.1) is 0 Å². The Morgan fingerprint density at radius 2 is 2.06 bits per heavy atom. The first-order valence-corrected chi connectivity index (χ1v) is 6.89. The van der Waals surface area contributed by atoms with Gasteiger partial charge in [-0.15, -0.1) is 0 Å². The SMILES string of the molecule is CCCNc1nccnc1-c1cc(Cl)ccc1Br. The van der Waals surface area contributed by atoms with E-state index < -0.39 is 0 Å². The predicted octanol–water partition coefficient (Wildman–Crippen LogP) is 4.38. The van der Waals surface area contributed by atoms with Gasteiger partial charge in [0.1, 0.15) is 5.69 Å². The number of benzene rings is 1. The third-order valence-corrected chi connectivity index (χ3v) is 3.35. The van der Waals surface area contributed by atoms with Gasteiger partial charge in [-0.05, 0) is 24.6 Å². The van der Waals surface area contributed by atoms with Crippen molar-refractivity contribution in [2.24, 2.45) is 0 Å². The second-order valence-electron chi connectivity index (χ2n) is 3.80. The van der Waals surface area contributed by atoms with Crippen LogP contribution in [-0.2, 0) is 0 Å². The van der Waals surface area contributed by atoms with Gasteiger partial charge < -0.3 is 5.32 Å². The molecule has 2 aromatic rings. The zero-order valence-electron chi connectivity index (χ0n) is 9.95. The number of halogens is 2. The normalized spacial score (nSPS) is 10.4. The summed E-state index contributed by atoms with van der Waals surface area (Å²) in [6.45, 7) is 2.97. The molecule has 1 heterocycles. The number of aromatic nitrogens is 2. The van der Waals surface area contributed by atoms with Crippen LogP contribution in [0.15, 0.2) is 35.1 Å². The lowest BCUT2D eigenvalue weighted by atomic mass is 10.1. The fraction of sp³-hybridized carbons (Fsp3) is 0.231. The zero-order valence-corrected chi connectivity index (χ0v) is 12.3. The molecule has 0 aliphatic rings. The molecule has 0 fully saturated rings. The summed E-state index contributed by atoms with van der Waals surface area (Å²) in [6, 6.07) is 5.63. The Balaban J connectivity index is 2.46. The maximum absolute atomic E-state index is 6.03. The molecule has 0 radical (unpaired) electrons. The molecule has 3 nitrogen and oxygen atoms in total. The van der Waals surface area contributed by atoms with Crippen molar-refractivity contribution in [1.82, 2.24) is 9.97 Å². The first-order chi connectivity index (χ1) is 8.72. The largest absolute Gasteiger partial charge is 0.368 e. The lowest BCUT2D eigenvalue weighted by molar-refractivity contribution is 0.966. The molecule has 1 aromatic carbocycles. The molecule has 0 unspecified atom stereocenters. The van der Waals surface area contributed by atoms with Crippen molar-refractivity contribution in [3.63, 3.8) is 0 Å². The van der Waals surface area contributed by atoms with E-state index in [1.165, 1.54) is 0 Å². The summed E-state index contributed by atoms with van der Waals surface area (Å²) >= 11 is 9.55. The van der Waals surface area contributed by atoms with Crippen molar-refractivity contribution in [3.05, 3.63) is 40.1 Å². The van der Waals surface area contributed by atoms with E-state index >= 15 is 0 Å². The van der Waals surface area contributed by atoms with Gasteiger partial charge in [0.2, 0.25) is 0 Å². The molecule has 0 aliphatic heterocycles. The molecule has 0 aliphatic carbocycles. The van der Waals surface area contributed by atoms with Crippen LogP contribution in [0.25, 0.3) is 11.3 Å². The highest BCUT2D eigenvalue weighted by atomic mass is 79.9. The Kier molecular flexibility index (Phi) is 4.55. The van der Waals surface area contributed by atoms with Crippen molar-refractivity contribution in [2.45, 2.75) is 13.3 Å². The number of hydrogen-bond donors (Lipinski definition) is 1. The van der Waals surface area contributed by atoms with E-state index in [0.29, 0.717) is 5.02 Å². The number of anilines is 1. The average Bonchev–Trinajstić information content (AvgIpc) is 2.39. The summed E-state index contributed by atoms with van der Waals surface area (Å²) < 4.78 is 0.951. The summed E-state index contributed by atoms with van der Waals surface area (Å²) in [4.78, 5) is 8.72. The first-order valence-electron chi connectivity index (χ1n) is 5.72. The second kappa shape index (κ2) is 6.16. The minimum absolute atomic E-state index is 0.681. The minimum Gasteiger partial charge on any atom is -0.368 e. The van der Waals surface area contributed by atoms with Gasteiger partial charge in [-0.3, -0.25) is 4.98 Å². The highest BCUT2D eigenvalue weighted by molar-refractivity contribution is 9.10. The lowest BCUT2D eigenvalue weighted by Crippen LogP contribution is -2.04. The zero-order chi connectivity index (χ0) is 13.0. The van der Waals surface area contributed by atoms with Crippen molar-refractivity contribution in [2.75, 3.05) is 11.9 Å². The van der Waals surface area contributed by atoms with Gasteiger partial charge in [0.15, 0.2) is 5.82 Å². The van der Waals surface area contributed by atoms with Crippen molar-refractivity contribution < 1.29 is 0 Å². The van der Waals surface area contributed by atoms with E-state index in [1.807, 2.05) is 18.2 Å². The molecule has 18 heavy (non-hydrogen) atoms. The minimum atomic E-state index is 0.681. The molecule has 0 atom stereocenters. The van der Waals surface area contributed by atoms with E-state index in [9.17, 15) is 0 Å². The summed E-state index contributed by atoms with van der Waals surface area (Å²) in [7, 11) is 0. The molecule has 94 valence electrons. The number of nitrogens with one attached hydrogen (secondary N) is 1. The molecular weight excluding hydrogens is 314 g/mol. The second-order valence-corrected chi connectivity index (χ2v) is 5.10. The van der Waals surface area contributed by atoms with Gasteiger partial charge in [-0.2, -0.15) is 0 Å². The summed E-state index contributed by atoms with van der Waals surface area (Å²) in [6.07, 6.45) is 4.40. The number of hydrogen-bond acceptors (Lipinski definition) is 3. The molecule has 0 saturated carbocycles. The Bertz CT molecular complexity index is 546. The highest BCUT2D eigenvalue weighted by Gasteiger charge is 2.11. The third kappa shape index (κ3) is 3.00. The lowest BCUT2D eigenvalue weighted by Gasteiger charge is -2.10. The van der Waals surface area contributed by atoms with Crippen LogP contribution in [0.2, 0.25) is 5.02 Å². The van der Waals surface area contributed by atoms with Crippen LogP contribution >= 0.6 is 27.5 Å². The summed E-state index contributed by atoms with van der Waals surface area (Å²) in [5.74, 6) is 0.780. The standard InChI is InChI=1S/C13H13BrClN3/c1-2-5-17-13-12(16-6-7-18-13)10-8-9(15)3-4-11(10)14/h3-4,6-8H,2,5H2,1H3,(H,17,18). The fourth-order valence-electron chi connectivity index (χ4n) is 1.59. The first kappa shape index (κ1) is 13.3. The monoisotopic (exact) mass is 325 g/mol. The van der Waals surface area contributed by atoms with Crippen molar-refractivity contribution >= 4 is 33.3 Å². The molecule has 0 spiro atoms. The number of rotatable bonds is 4. The summed E-state index contributed by atoms with van der Waals surface area (Å²) in [5, 5.41) is 3.95. The molecule has 0 amide bonds. The van der Waals surface area contributed by atoms with Crippen LogP contribution in [0.4, 0.5) is 5.82 Å². The average molecular weight is 327 g/mol. The molecule has 5 heteroatoms. The molecule has 0 bridgehead atoms. The van der Waals surface area contributed by atoms with Crippen LogP contribution in [0, 0.1) is 0 Å². The van der Waals surface area contributed by atoms with Crippen LogP contribution < -0.4 is 5.32 Å². The number of nitrogens with zero attached hydrogens (tertiary/aromatic N) is 2. The molecule has 1 aromatic heterocycles.